The lowest BCUT2D eigenvalue weighted by Gasteiger charge is -2.16. The summed E-state index contributed by atoms with van der Waals surface area (Å²) in [6.45, 7) is 5.50. The van der Waals surface area contributed by atoms with Gasteiger partial charge in [-0.05, 0) is 37.1 Å². The monoisotopic (exact) mass is 290 g/mol. The first-order valence-corrected chi connectivity index (χ1v) is 7.15. The van der Waals surface area contributed by atoms with Gasteiger partial charge in [-0.15, -0.1) is 0 Å². The van der Waals surface area contributed by atoms with Crippen LogP contribution >= 0.6 is 0 Å². The number of amides is 2. The molecule has 1 aliphatic rings. The topological polar surface area (TPSA) is 58.6 Å². The zero-order valence-corrected chi connectivity index (χ0v) is 12.8. The average Bonchev–Trinajstić information content (AvgIpc) is 2.76. The summed E-state index contributed by atoms with van der Waals surface area (Å²) in [6.07, 6.45) is 0.278. The number of anilines is 1. The van der Waals surface area contributed by atoms with E-state index in [0.29, 0.717) is 19.7 Å². The van der Waals surface area contributed by atoms with Crippen molar-refractivity contribution in [3.8, 4) is 0 Å². The van der Waals surface area contributed by atoms with Gasteiger partial charge in [-0.2, -0.15) is 0 Å². The van der Waals surface area contributed by atoms with Crippen LogP contribution in [-0.2, 0) is 14.3 Å². The molecule has 0 aromatic heterocycles. The van der Waals surface area contributed by atoms with Gasteiger partial charge in [0.2, 0.25) is 11.8 Å². The summed E-state index contributed by atoms with van der Waals surface area (Å²) in [5.74, 6) is -0.351. The Morgan fingerprint density at radius 3 is 2.62 bits per heavy atom. The second kappa shape index (κ2) is 6.72. The van der Waals surface area contributed by atoms with Gasteiger partial charge in [0.15, 0.2) is 0 Å². The van der Waals surface area contributed by atoms with Gasteiger partial charge in [0.25, 0.3) is 0 Å². The Kier molecular flexibility index (Phi) is 4.96. The summed E-state index contributed by atoms with van der Waals surface area (Å²) in [7, 11) is 1.60. The first-order chi connectivity index (χ1) is 9.99. The van der Waals surface area contributed by atoms with Crippen LogP contribution in [0.5, 0.6) is 0 Å². The lowest BCUT2D eigenvalue weighted by molar-refractivity contribution is -0.128. The van der Waals surface area contributed by atoms with Crippen molar-refractivity contribution < 1.29 is 14.3 Å². The maximum Gasteiger partial charge on any atom is 0.229 e. The van der Waals surface area contributed by atoms with Gasteiger partial charge in [0.05, 0.1) is 12.5 Å². The van der Waals surface area contributed by atoms with Crippen LogP contribution in [0.1, 0.15) is 17.5 Å². The highest BCUT2D eigenvalue weighted by Gasteiger charge is 2.33. The first kappa shape index (κ1) is 15.5. The van der Waals surface area contributed by atoms with Crippen molar-refractivity contribution in [2.75, 3.05) is 32.1 Å². The van der Waals surface area contributed by atoms with Crippen molar-refractivity contribution in [1.82, 2.24) is 4.90 Å². The number of nitrogens with zero attached hydrogens (tertiary/aromatic N) is 1. The molecule has 2 amide bonds. The summed E-state index contributed by atoms with van der Waals surface area (Å²) >= 11 is 0. The molecule has 0 spiro atoms. The standard InChI is InChI=1S/C16H22N2O3/c1-11-6-12(2)8-14(7-11)17-16(20)13-9-15(19)18(10-13)4-5-21-3/h6-8,13H,4-5,9-10H2,1-3H3,(H,17,20)/t13-/m1/s1. The molecule has 0 aliphatic carbocycles. The number of likely N-dealkylation sites (tertiary alicyclic amines) is 1. The fraction of sp³-hybridized carbons (Fsp3) is 0.500. The number of carbonyl (C=O) groups is 2. The van der Waals surface area contributed by atoms with E-state index in [9.17, 15) is 9.59 Å². The number of ether oxygens (including phenoxy) is 1. The van der Waals surface area contributed by atoms with Crippen LogP contribution in [0.15, 0.2) is 18.2 Å². The largest absolute Gasteiger partial charge is 0.383 e. The zero-order chi connectivity index (χ0) is 15.4. The van der Waals surface area contributed by atoms with E-state index < -0.39 is 0 Å². The molecule has 2 rings (SSSR count). The van der Waals surface area contributed by atoms with Crippen LogP contribution in [0, 0.1) is 19.8 Å². The molecular weight excluding hydrogens is 268 g/mol. The molecule has 1 aliphatic heterocycles. The molecule has 114 valence electrons. The number of hydrogen-bond acceptors (Lipinski definition) is 3. The van der Waals surface area contributed by atoms with Crippen LogP contribution in [0.25, 0.3) is 0 Å². The molecule has 1 aromatic carbocycles. The number of aryl methyl sites for hydroxylation is 2. The van der Waals surface area contributed by atoms with Gasteiger partial charge < -0.3 is 15.0 Å². The molecule has 21 heavy (non-hydrogen) atoms. The summed E-state index contributed by atoms with van der Waals surface area (Å²) < 4.78 is 4.98. The van der Waals surface area contributed by atoms with Crippen molar-refractivity contribution in [1.29, 1.82) is 0 Å². The van der Waals surface area contributed by atoms with Crippen molar-refractivity contribution in [3.63, 3.8) is 0 Å². The Balaban J connectivity index is 1.96. The van der Waals surface area contributed by atoms with Crippen LogP contribution < -0.4 is 5.32 Å². The number of nitrogens with one attached hydrogen (secondary N) is 1. The molecule has 5 nitrogen and oxygen atoms in total. The average molecular weight is 290 g/mol. The van der Waals surface area contributed by atoms with Gasteiger partial charge >= 0.3 is 0 Å². The van der Waals surface area contributed by atoms with E-state index >= 15 is 0 Å². The Hall–Kier alpha value is -1.88. The minimum atomic E-state index is -0.282. The van der Waals surface area contributed by atoms with Crippen LogP contribution in [0.3, 0.4) is 0 Å². The highest BCUT2D eigenvalue weighted by molar-refractivity contribution is 5.97. The number of methoxy groups -OCH3 is 1. The van der Waals surface area contributed by atoms with E-state index in [2.05, 4.69) is 11.4 Å². The Labute approximate surface area is 125 Å². The Morgan fingerprint density at radius 1 is 1.33 bits per heavy atom. The minimum Gasteiger partial charge on any atom is -0.383 e. The normalized spacial score (nSPS) is 18.1. The van der Waals surface area contributed by atoms with E-state index in [4.69, 9.17) is 4.74 Å². The summed E-state index contributed by atoms with van der Waals surface area (Å²) in [4.78, 5) is 25.8. The number of benzene rings is 1. The molecule has 1 saturated heterocycles. The van der Waals surface area contributed by atoms with Gasteiger partial charge in [-0.25, -0.2) is 0 Å². The zero-order valence-electron chi connectivity index (χ0n) is 12.8. The Morgan fingerprint density at radius 2 is 2.00 bits per heavy atom. The minimum absolute atomic E-state index is 0.0209. The molecule has 1 fully saturated rings. The highest BCUT2D eigenvalue weighted by Crippen LogP contribution is 2.21. The smallest absolute Gasteiger partial charge is 0.229 e. The molecule has 0 radical (unpaired) electrons. The van der Waals surface area contributed by atoms with E-state index in [1.54, 1.807) is 12.0 Å². The van der Waals surface area contributed by atoms with E-state index in [0.717, 1.165) is 16.8 Å². The quantitative estimate of drug-likeness (QED) is 0.898. The third-order valence-electron chi connectivity index (χ3n) is 3.64. The second-order valence-corrected chi connectivity index (χ2v) is 5.60. The molecular formula is C16H22N2O3. The fourth-order valence-corrected chi connectivity index (χ4v) is 2.66. The molecule has 1 heterocycles. The SMILES string of the molecule is COCCN1C[C@H](C(=O)Nc2cc(C)cc(C)c2)CC1=O. The molecule has 0 saturated carbocycles. The van der Waals surface area contributed by atoms with Crippen molar-refractivity contribution in [2.24, 2.45) is 5.92 Å². The predicted octanol–water partition coefficient (Wildman–Crippen LogP) is 1.74. The van der Waals surface area contributed by atoms with Crippen molar-refractivity contribution >= 4 is 17.5 Å². The Bertz CT molecular complexity index is 522. The maximum atomic E-state index is 12.3. The molecule has 1 N–H and O–H groups in total. The molecule has 1 atom stereocenters. The summed E-state index contributed by atoms with van der Waals surface area (Å²) in [5.41, 5.74) is 3.00. The van der Waals surface area contributed by atoms with E-state index in [1.165, 1.54) is 0 Å². The van der Waals surface area contributed by atoms with Crippen LogP contribution in [0.4, 0.5) is 5.69 Å². The third kappa shape index (κ3) is 4.04. The van der Waals surface area contributed by atoms with Crippen LogP contribution in [-0.4, -0.2) is 43.5 Å². The number of carbonyl (C=O) groups excluding carboxylic acids is 2. The first-order valence-electron chi connectivity index (χ1n) is 7.15. The van der Waals surface area contributed by atoms with E-state index in [1.807, 2.05) is 26.0 Å². The van der Waals surface area contributed by atoms with Crippen molar-refractivity contribution in [3.05, 3.63) is 29.3 Å². The summed E-state index contributed by atoms with van der Waals surface area (Å²) in [6, 6.07) is 5.93. The van der Waals surface area contributed by atoms with Gasteiger partial charge in [0, 0.05) is 32.3 Å². The lowest BCUT2D eigenvalue weighted by Crippen LogP contribution is -2.30. The van der Waals surface area contributed by atoms with Crippen LogP contribution in [0.2, 0.25) is 0 Å². The maximum absolute atomic E-state index is 12.3. The van der Waals surface area contributed by atoms with Gasteiger partial charge in [-0.1, -0.05) is 6.07 Å². The second-order valence-electron chi connectivity index (χ2n) is 5.60. The van der Waals surface area contributed by atoms with E-state index in [-0.39, 0.29) is 24.2 Å². The number of rotatable bonds is 5. The third-order valence-corrected chi connectivity index (χ3v) is 3.64. The molecule has 0 bridgehead atoms. The highest BCUT2D eigenvalue weighted by atomic mass is 16.5. The number of hydrogen-bond donors (Lipinski definition) is 1. The molecule has 0 unspecified atom stereocenters. The van der Waals surface area contributed by atoms with Crippen molar-refractivity contribution in [2.45, 2.75) is 20.3 Å². The van der Waals surface area contributed by atoms with Gasteiger partial charge in [-0.3, -0.25) is 9.59 Å². The lowest BCUT2D eigenvalue weighted by atomic mass is 10.1. The summed E-state index contributed by atoms with van der Waals surface area (Å²) in [5, 5.41) is 2.91. The van der Waals surface area contributed by atoms with Gasteiger partial charge in [0.1, 0.15) is 0 Å². The fourth-order valence-electron chi connectivity index (χ4n) is 2.66. The molecule has 1 aromatic rings. The predicted molar refractivity (Wildman–Crippen MR) is 81.1 cm³/mol. The molecule has 5 heteroatoms.